The second-order valence-corrected chi connectivity index (χ2v) is 8.75. The minimum atomic E-state index is -0.567. The van der Waals surface area contributed by atoms with E-state index in [-0.39, 0.29) is 30.5 Å². The number of benzene rings is 2. The largest absolute Gasteiger partial charge is 0.493 e. The minimum absolute atomic E-state index is 0.0113. The number of hydrogen-bond donors (Lipinski definition) is 0. The van der Waals surface area contributed by atoms with Gasteiger partial charge >= 0.3 is 0 Å². The van der Waals surface area contributed by atoms with E-state index in [1.165, 1.54) is 19.2 Å². The molecule has 2 fully saturated rings. The highest BCUT2D eigenvalue weighted by molar-refractivity contribution is 5.95. The van der Waals surface area contributed by atoms with Crippen molar-refractivity contribution in [3.05, 3.63) is 53.3 Å². The first-order valence-electron chi connectivity index (χ1n) is 11.6. The fraction of sp³-hybridized carbons (Fsp3) is 0.462. The Morgan fingerprint density at radius 1 is 0.882 bits per heavy atom. The van der Waals surface area contributed by atoms with Crippen LogP contribution >= 0.6 is 0 Å². The molecule has 2 aliphatic rings. The molecule has 0 radical (unpaired) electrons. The van der Waals surface area contributed by atoms with Crippen LogP contribution in [0.4, 0.5) is 4.39 Å². The first-order chi connectivity index (χ1) is 16.5. The van der Waals surface area contributed by atoms with Crippen LogP contribution in [0.25, 0.3) is 0 Å². The maximum Gasteiger partial charge on any atom is 0.256 e. The highest BCUT2D eigenvalue weighted by Gasteiger charge is 2.43. The summed E-state index contributed by atoms with van der Waals surface area (Å²) in [5.74, 6) is -0.255. The Labute approximate surface area is 199 Å². The van der Waals surface area contributed by atoms with Gasteiger partial charge in [-0.25, -0.2) is 4.39 Å². The molecule has 0 spiro atoms. The standard InChI is InChI=1S/C26H31FN2O5/c1-32-22-13-17(14-23(33-2)24(22)34-3)19-15-29(25(30)18-9-5-6-10-21(18)27)16-20(19)26(31)28-11-7-4-8-12-28/h5-6,9-10,13-14,19-20H,4,7-8,11-12,15-16H2,1-3H3/t19-,20+/m0/s1. The number of rotatable bonds is 6. The third-order valence-electron chi connectivity index (χ3n) is 6.81. The third-order valence-corrected chi connectivity index (χ3v) is 6.81. The summed E-state index contributed by atoms with van der Waals surface area (Å²) in [4.78, 5) is 30.3. The summed E-state index contributed by atoms with van der Waals surface area (Å²) < 4.78 is 30.9. The number of amides is 2. The Kier molecular flexibility index (Phi) is 7.24. The average Bonchev–Trinajstić information content (AvgIpc) is 3.33. The summed E-state index contributed by atoms with van der Waals surface area (Å²) in [7, 11) is 4.62. The molecule has 0 bridgehead atoms. The Morgan fingerprint density at radius 2 is 1.53 bits per heavy atom. The van der Waals surface area contributed by atoms with Crippen molar-refractivity contribution in [3.8, 4) is 17.2 Å². The lowest BCUT2D eigenvalue weighted by Gasteiger charge is -2.31. The molecule has 2 aromatic rings. The molecular weight excluding hydrogens is 439 g/mol. The summed E-state index contributed by atoms with van der Waals surface area (Å²) in [6.45, 7) is 1.96. The van der Waals surface area contributed by atoms with Crippen LogP contribution in [0, 0.1) is 11.7 Å². The fourth-order valence-electron chi connectivity index (χ4n) is 5.03. The number of ether oxygens (including phenoxy) is 3. The van der Waals surface area contributed by atoms with Crippen molar-refractivity contribution in [2.45, 2.75) is 25.2 Å². The fourth-order valence-corrected chi connectivity index (χ4v) is 5.03. The number of halogens is 1. The second kappa shape index (κ2) is 10.3. The summed E-state index contributed by atoms with van der Waals surface area (Å²) in [6.07, 6.45) is 3.07. The van der Waals surface area contributed by atoms with E-state index >= 15 is 0 Å². The van der Waals surface area contributed by atoms with Gasteiger partial charge in [-0.15, -0.1) is 0 Å². The summed E-state index contributed by atoms with van der Waals surface area (Å²) in [5.41, 5.74) is 0.825. The molecule has 4 rings (SSSR count). The van der Waals surface area contributed by atoms with E-state index < -0.39 is 17.6 Å². The van der Waals surface area contributed by atoms with Crippen molar-refractivity contribution >= 4 is 11.8 Å². The van der Waals surface area contributed by atoms with Crippen LogP contribution in [-0.4, -0.2) is 69.1 Å². The van der Waals surface area contributed by atoms with E-state index in [9.17, 15) is 14.0 Å². The number of carbonyl (C=O) groups excluding carboxylic acids is 2. The van der Waals surface area contributed by atoms with Gasteiger partial charge in [0.05, 0.1) is 32.8 Å². The molecule has 2 aromatic carbocycles. The number of likely N-dealkylation sites (tertiary alicyclic amines) is 2. The average molecular weight is 471 g/mol. The van der Waals surface area contributed by atoms with E-state index in [0.29, 0.717) is 17.2 Å². The van der Waals surface area contributed by atoms with Crippen LogP contribution in [0.15, 0.2) is 36.4 Å². The van der Waals surface area contributed by atoms with Crippen molar-refractivity contribution in [3.63, 3.8) is 0 Å². The first kappa shape index (κ1) is 23.9. The molecule has 2 saturated heterocycles. The molecular formula is C26H31FN2O5. The van der Waals surface area contributed by atoms with Gasteiger partial charge in [-0.2, -0.15) is 0 Å². The predicted molar refractivity (Wildman–Crippen MR) is 125 cm³/mol. The van der Waals surface area contributed by atoms with E-state index in [0.717, 1.165) is 37.9 Å². The van der Waals surface area contributed by atoms with Crippen LogP contribution in [0.3, 0.4) is 0 Å². The lowest BCUT2D eigenvalue weighted by molar-refractivity contribution is -0.136. The van der Waals surface area contributed by atoms with Gasteiger partial charge in [0.25, 0.3) is 5.91 Å². The number of carbonyl (C=O) groups is 2. The molecule has 7 nitrogen and oxygen atoms in total. The van der Waals surface area contributed by atoms with Gasteiger partial charge in [0.1, 0.15) is 5.82 Å². The zero-order valence-electron chi connectivity index (χ0n) is 19.9. The second-order valence-electron chi connectivity index (χ2n) is 8.75. The first-order valence-corrected chi connectivity index (χ1v) is 11.6. The monoisotopic (exact) mass is 470 g/mol. The lowest BCUT2D eigenvalue weighted by Crippen LogP contribution is -2.42. The van der Waals surface area contributed by atoms with Crippen molar-refractivity contribution < 1.29 is 28.2 Å². The maximum atomic E-state index is 14.4. The van der Waals surface area contributed by atoms with Crippen molar-refractivity contribution in [2.24, 2.45) is 5.92 Å². The number of piperidine rings is 1. The Bertz CT molecular complexity index is 1030. The van der Waals surface area contributed by atoms with Gasteiger partial charge in [0, 0.05) is 32.1 Å². The topological polar surface area (TPSA) is 68.3 Å². The van der Waals surface area contributed by atoms with Crippen LogP contribution in [0.2, 0.25) is 0 Å². The quantitative estimate of drug-likeness (QED) is 0.644. The van der Waals surface area contributed by atoms with Crippen LogP contribution in [-0.2, 0) is 4.79 Å². The highest BCUT2D eigenvalue weighted by atomic mass is 19.1. The zero-order chi connectivity index (χ0) is 24.2. The van der Waals surface area contributed by atoms with E-state index in [2.05, 4.69) is 0 Å². The Hall–Kier alpha value is -3.29. The van der Waals surface area contributed by atoms with Gasteiger partial charge in [0.2, 0.25) is 11.7 Å². The highest BCUT2D eigenvalue weighted by Crippen LogP contribution is 2.44. The molecule has 2 aliphatic heterocycles. The Balaban J connectivity index is 1.71. The van der Waals surface area contributed by atoms with Gasteiger partial charge in [0.15, 0.2) is 11.5 Å². The number of nitrogens with zero attached hydrogens (tertiary/aromatic N) is 2. The van der Waals surface area contributed by atoms with Gasteiger partial charge < -0.3 is 24.0 Å². The molecule has 0 aliphatic carbocycles. The van der Waals surface area contributed by atoms with Crippen LogP contribution < -0.4 is 14.2 Å². The summed E-state index contributed by atoms with van der Waals surface area (Å²) in [6, 6.07) is 9.61. The van der Waals surface area contributed by atoms with Crippen molar-refractivity contribution in [1.82, 2.24) is 9.80 Å². The minimum Gasteiger partial charge on any atom is -0.493 e. The molecule has 2 atom stereocenters. The number of methoxy groups -OCH3 is 3. The lowest BCUT2D eigenvalue weighted by atomic mass is 9.87. The molecule has 2 heterocycles. The van der Waals surface area contributed by atoms with Crippen molar-refractivity contribution in [1.29, 1.82) is 0 Å². The molecule has 0 N–H and O–H groups in total. The molecule has 182 valence electrons. The molecule has 2 amide bonds. The van der Waals surface area contributed by atoms with Gasteiger partial charge in [-0.1, -0.05) is 12.1 Å². The van der Waals surface area contributed by atoms with E-state index in [1.54, 1.807) is 31.3 Å². The molecule has 0 unspecified atom stereocenters. The van der Waals surface area contributed by atoms with Gasteiger partial charge in [-0.05, 0) is 49.1 Å². The molecule has 0 aromatic heterocycles. The molecule has 0 saturated carbocycles. The predicted octanol–water partition coefficient (Wildman–Crippen LogP) is 3.72. The summed E-state index contributed by atoms with van der Waals surface area (Å²) in [5, 5.41) is 0. The third kappa shape index (κ3) is 4.54. The Morgan fingerprint density at radius 3 is 2.12 bits per heavy atom. The number of hydrogen-bond acceptors (Lipinski definition) is 5. The summed E-state index contributed by atoms with van der Waals surface area (Å²) >= 11 is 0. The van der Waals surface area contributed by atoms with Crippen LogP contribution in [0.1, 0.15) is 41.1 Å². The molecule has 34 heavy (non-hydrogen) atoms. The maximum absolute atomic E-state index is 14.4. The van der Waals surface area contributed by atoms with E-state index in [4.69, 9.17) is 14.2 Å². The SMILES string of the molecule is COc1cc([C@@H]2CN(C(=O)c3ccccc3F)C[C@H]2C(=O)N2CCCCC2)cc(OC)c1OC. The normalized spacial score (nSPS) is 20.2. The van der Waals surface area contributed by atoms with Gasteiger partial charge in [-0.3, -0.25) is 9.59 Å². The zero-order valence-corrected chi connectivity index (χ0v) is 19.9. The van der Waals surface area contributed by atoms with Crippen molar-refractivity contribution in [2.75, 3.05) is 47.5 Å². The molecule has 8 heteroatoms. The smallest absolute Gasteiger partial charge is 0.256 e. The van der Waals surface area contributed by atoms with E-state index in [1.807, 2.05) is 17.0 Å². The van der Waals surface area contributed by atoms with Crippen LogP contribution in [0.5, 0.6) is 17.2 Å².